The second-order valence-electron chi connectivity index (χ2n) is 13.1. The molecular weight excluding hydrogens is 503 g/mol. The molecule has 2 unspecified atom stereocenters. The number of piperidine rings is 1. The minimum Gasteiger partial charge on any atom is -0.356 e. The van der Waals surface area contributed by atoms with Gasteiger partial charge in [-0.15, -0.1) is 10.3 Å². The van der Waals surface area contributed by atoms with Crippen molar-refractivity contribution in [3.63, 3.8) is 0 Å². The fourth-order valence-electron chi connectivity index (χ4n) is 5.77. The minimum atomic E-state index is -4.01. The largest absolute Gasteiger partial charge is 0.472 e. The van der Waals surface area contributed by atoms with E-state index in [1.807, 2.05) is 13.8 Å². The zero-order valence-corrected chi connectivity index (χ0v) is 26.2. The number of unbranched alkanes of at least 4 members (excludes halogenated alkanes) is 11. The molecular formula is C29H59N2O6P+. The van der Waals surface area contributed by atoms with Crippen LogP contribution in [-0.4, -0.2) is 72.2 Å². The van der Waals surface area contributed by atoms with Gasteiger partial charge in [-0.2, -0.15) is 0 Å². The summed E-state index contributed by atoms with van der Waals surface area (Å²) in [5, 5.41) is 14.4. The highest BCUT2D eigenvalue weighted by Crippen LogP contribution is 2.46. The predicted octanol–water partition coefficient (Wildman–Crippen LogP) is 7.38. The summed E-state index contributed by atoms with van der Waals surface area (Å²) < 4.78 is 30.1. The van der Waals surface area contributed by atoms with Crippen LogP contribution in [0.25, 0.3) is 0 Å². The normalized spacial score (nSPS) is 25.6. The van der Waals surface area contributed by atoms with Gasteiger partial charge in [0.1, 0.15) is 5.72 Å². The predicted molar refractivity (Wildman–Crippen MR) is 152 cm³/mol. The van der Waals surface area contributed by atoms with Crippen molar-refractivity contribution >= 4 is 7.82 Å². The number of phosphoric acid groups is 1. The second kappa shape index (κ2) is 16.4. The molecule has 0 saturated carbocycles. The Morgan fingerprint density at radius 1 is 0.895 bits per heavy atom. The zero-order chi connectivity index (χ0) is 28.1. The average molecular weight is 563 g/mol. The molecule has 2 rings (SSSR count). The maximum absolute atomic E-state index is 13.2. The molecule has 0 aromatic rings. The van der Waals surface area contributed by atoms with Crippen LogP contribution < -0.4 is 0 Å². The number of nitrogens with zero attached hydrogens (tertiary/aromatic N) is 2. The van der Waals surface area contributed by atoms with E-state index in [4.69, 9.17) is 13.8 Å². The van der Waals surface area contributed by atoms with Gasteiger partial charge in [-0.05, 0) is 46.0 Å². The van der Waals surface area contributed by atoms with Gasteiger partial charge in [0, 0.05) is 12.8 Å². The third-order valence-electron chi connectivity index (χ3n) is 8.40. The standard InChI is InChI=1S/C29H58N2O6P/c1-6-7-8-9-10-11-12-13-16-21-29(30(32)28(2,3)26-35-29)22-17-14-15-18-25-36-38(33,34)37-27-19-23-31(4,5)24-20-27/h27H,6-26H2,1-5H3/p+1. The molecule has 2 aliphatic rings. The van der Waals surface area contributed by atoms with Crippen LogP contribution in [-0.2, 0) is 23.6 Å². The monoisotopic (exact) mass is 562 g/mol. The molecule has 9 heteroatoms. The van der Waals surface area contributed by atoms with E-state index in [-0.39, 0.29) is 12.7 Å². The molecule has 0 aliphatic carbocycles. The van der Waals surface area contributed by atoms with Gasteiger partial charge in [0.05, 0.1) is 52.0 Å². The van der Waals surface area contributed by atoms with Crippen LogP contribution >= 0.6 is 7.82 Å². The lowest BCUT2D eigenvalue weighted by Gasteiger charge is -2.37. The molecule has 225 valence electrons. The lowest BCUT2D eigenvalue weighted by Crippen LogP contribution is -2.49. The molecule has 0 aromatic carbocycles. The molecule has 1 N–H and O–H groups in total. The molecule has 0 amide bonds. The van der Waals surface area contributed by atoms with Gasteiger partial charge in [-0.1, -0.05) is 71.1 Å². The van der Waals surface area contributed by atoms with Crippen LogP contribution in [0, 0.1) is 0 Å². The fourth-order valence-corrected chi connectivity index (χ4v) is 6.78. The van der Waals surface area contributed by atoms with E-state index in [0.29, 0.717) is 13.0 Å². The first kappa shape index (κ1) is 34.2. The summed E-state index contributed by atoms with van der Waals surface area (Å²) >= 11 is 0. The van der Waals surface area contributed by atoms with Crippen LogP contribution in [0.4, 0.5) is 0 Å². The summed E-state index contributed by atoms with van der Waals surface area (Å²) in [6.07, 6.45) is 17.6. The van der Waals surface area contributed by atoms with E-state index in [1.54, 1.807) is 0 Å². The Morgan fingerprint density at radius 3 is 1.89 bits per heavy atom. The number of hydrogen-bond donors (Lipinski definition) is 1. The van der Waals surface area contributed by atoms with Crippen LogP contribution in [0.5, 0.6) is 0 Å². The first-order valence-corrected chi connectivity index (χ1v) is 17.0. The highest BCUT2D eigenvalue weighted by molar-refractivity contribution is 7.47. The van der Waals surface area contributed by atoms with Gasteiger partial charge < -0.3 is 14.1 Å². The van der Waals surface area contributed by atoms with Gasteiger partial charge in [-0.3, -0.25) is 9.05 Å². The van der Waals surface area contributed by atoms with Crippen molar-refractivity contribution in [2.45, 2.75) is 147 Å². The van der Waals surface area contributed by atoms with E-state index in [0.717, 1.165) is 75.4 Å². The summed E-state index contributed by atoms with van der Waals surface area (Å²) in [6.45, 7) is 8.75. The van der Waals surface area contributed by atoms with Gasteiger partial charge in [0.2, 0.25) is 0 Å². The average Bonchev–Trinajstić information content (AvgIpc) is 3.08. The summed E-state index contributed by atoms with van der Waals surface area (Å²) in [7, 11) is 0.318. The van der Waals surface area contributed by atoms with E-state index < -0.39 is 19.1 Å². The molecule has 1 radical (unpaired) electrons. The van der Waals surface area contributed by atoms with E-state index in [1.165, 1.54) is 50.0 Å². The van der Waals surface area contributed by atoms with Crippen molar-refractivity contribution in [3.05, 3.63) is 0 Å². The van der Waals surface area contributed by atoms with Crippen molar-refractivity contribution < 1.29 is 32.9 Å². The Kier molecular flexibility index (Phi) is 14.7. The minimum absolute atomic E-state index is 0.204. The van der Waals surface area contributed by atoms with Crippen molar-refractivity contribution in [2.24, 2.45) is 0 Å². The van der Waals surface area contributed by atoms with Gasteiger partial charge in [0.25, 0.3) is 0 Å². The van der Waals surface area contributed by atoms with Crippen LogP contribution in [0.15, 0.2) is 0 Å². The molecule has 38 heavy (non-hydrogen) atoms. The fraction of sp³-hybridized carbons (Fsp3) is 1.00. The Bertz CT molecular complexity index is 697. The highest BCUT2D eigenvalue weighted by Gasteiger charge is 2.51. The molecule has 2 saturated heterocycles. The first-order chi connectivity index (χ1) is 17.9. The summed E-state index contributed by atoms with van der Waals surface area (Å²) in [4.78, 5) is 10.1. The van der Waals surface area contributed by atoms with Crippen LogP contribution in [0.1, 0.15) is 130 Å². The maximum Gasteiger partial charge on any atom is 0.472 e. The van der Waals surface area contributed by atoms with E-state index in [9.17, 15) is 14.7 Å². The first-order valence-electron chi connectivity index (χ1n) is 15.5. The molecule has 8 nitrogen and oxygen atoms in total. The lowest BCUT2D eigenvalue weighted by atomic mass is 9.95. The second-order valence-corrected chi connectivity index (χ2v) is 14.5. The Balaban J connectivity index is 1.62. The smallest absolute Gasteiger partial charge is 0.356 e. The molecule has 2 aliphatic heterocycles. The Labute approximate surface area is 233 Å². The number of likely N-dealkylation sites (tertiary alicyclic amines) is 1. The van der Waals surface area contributed by atoms with Crippen LogP contribution in [0.2, 0.25) is 0 Å². The Morgan fingerprint density at radius 2 is 1.39 bits per heavy atom. The maximum atomic E-state index is 13.2. The molecule has 0 aromatic heterocycles. The Hall–Kier alpha value is -0.0500. The molecule has 2 fully saturated rings. The van der Waals surface area contributed by atoms with Gasteiger partial charge in [0.15, 0.2) is 0 Å². The quantitative estimate of drug-likeness (QED) is 0.0946. The lowest BCUT2D eigenvalue weighted by molar-refractivity contribution is -0.896. The van der Waals surface area contributed by atoms with Crippen molar-refractivity contribution in [2.75, 3.05) is 40.4 Å². The number of hydroxylamine groups is 2. The summed E-state index contributed by atoms with van der Waals surface area (Å²) in [5.41, 5.74) is -1.19. The van der Waals surface area contributed by atoms with Crippen LogP contribution in [0.3, 0.4) is 0 Å². The van der Waals surface area contributed by atoms with Crippen molar-refractivity contribution in [1.29, 1.82) is 0 Å². The highest BCUT2D eigenvalue weighted by atomic mass is 31.2. The van der Waals surface area contributed by atoms with Gasteiger partial charge >= 0.3 is 7.82 Å². The van der Waals surface area contributed by atoms with E-state index in [2.05, 4.69) is 21.0 Å². The van der Waals surface area contributed by atoms with Gasteiger partial charge in [-0.25, -0.2) is 4.57 Å². The number of ether oxygens (including phenoxy) is 1. The number of rotatable bonds is 20. The zero-order valence-electron chi connectivity index (χ0n) is 25.3. The molecule has 0 bridgehead atoms. The third kappa shape index (κ3) is 12.2. The van der Waals surface area contributed by atoms with Crippen molar-refractivity contribution in [1.82, 2.24) is 5.06 Å². The SMILES string of the molecule is CCCCCCCCCCCC1(CCCCCCOP(=O)(O)OC2CC[N+](C)(C)CC2)OCC(C)(C)N1[O]. The molecule has 2 heterocycles. The van der Waals surface area contributed by atoms with Crippen molar-refractivity contribution in [3.8, 4) is 0 Å². The molecule has 0 spiro atoms. The number of hydrogen-bond acceptors (Lipinski definition) is 5. The van der Waals surface area contributed by atoms with E-state index >= 15 is 0 Å². The summed E-state index contributed by atoms with van der Waals surface area (Å²) in [5.74, 6) is 0. The number of phosphoric ester groups is 1. The molecule has 2 atom stereocenters. The topological polar surface area (TPSA) is 88.1 Å². The number of quaternary nitrogens is 1. The third-order valence-corrected chi connectivity index (χ3v) is 9.47. The summed E-state index contributed by atoms with van der Waals surface area (Å²) in [6, 6.07) is 0.